The van der Waals surface area contributed by atoms with Crippen LogP contribution in [-0.4, -0.2) is 32.2 Å². The van der Waals surface area contributed by atoms with Gasteiger partial charge in [0.25, 0.3) is 5.91 Å². The van der Waals surface area contributed by atoms with Crippen molar-refractivity contribution >= 4 is 55.5 Å². The van der Waals surface area contributed by atoms with Crippen molar-refractivity contribution in [2.75, 3.05) is 25.6 Å². The molecule has 0 aromatic heterocycles. The van der Waals surface area contributed by atoms with Gasteiger partial charge in [0, 0.05) is 11.8 Å². The molecule has 0 aliphatic rings. The Morgan fingerprint density at radius 1 is 1.17 bits per heavy atom. The fourth-order valence-electron chi connectivity index (χ4n) is 2.33. The van der Waals surface area contributed by atoms with Gasteiger partial charge in [-0.2, -0.15) is 5.26 Å². The quantitative estimate of drug-likeness (QED) is 0.297. The molecule has 9 heteroatoms. The minimum absolute atomic E-state index is 0.0844. The molecule has 1 N–H and O–H groups in total. The third kappa shape index (κ3) is 6.61. The predicted octanol–water partition coefficient (Wildman–Crippen LogP) is 4.71. The number of ether oxygens (including phenoxy) is 3. The first kappa shape index (κ1) is 23.4. The molecule has 30 heavy (non-hydrogen) atoms. The standard InChI is InChI=1S/C21H18Br2N2O5/c1-3-29-16-6-4-5-15(10-16)25-21(27)14(11-24)7-13-8-17(22)20(18(23)9-13)30-12-19(26)28-2/h4-10H,3,12H2,1-2H3,(H,25,27)/b14-7-. The van der Waals surface area contributed by atoms with E-state index in [9.17, 15) is 14.9 Å². The Balaban J connectivity index is 2.20. The van der Waals surface area contributed by atoms with Crippen LogP contribution in [0.3, 0.4) is 0 Å². The summed E-state index contributed by atoms with van der Waals surface area (Å²) in [6.45, 7) is 2.11. The normalized spacial score (nSPS) is 10.7. The summed E-state index contributed by atoms with van der Waals surface area (Å²) in [5, 5.41) is 12.1. The molecule has 156 valence electrons. The number of halogens is 2. The zero-order chi connectivity index (χ0) is 22.1. The summed E-state index contributed by atoms with van der Waals surface area (Å²) in [6.07, 6.45) is 1.45. The second kappa shape index (κ2) is 11.4. The molecule has 0 atom stereocenters. The minimum Gasteiger partial charge on any atom is -0.494 e. The molecule has 2 aromatic carbocycles. The van der Waals surface area contributed by atoms with Gasteiger partial charge in [0.15, 0.2) is 6.61 Å². The lowest BCUT2D eigenvalue weighted by molar-refractivity contribution is -0.142. The highest BCUT2D eigenvalue weighted by atomic mass is 79.9. The number of nitriles is 1. The van der Waals surface area contributed by atoms with Gasteiger partial charge in [0.05, 0.1) is 22.7 Å². The molecular formula is C21H18Br2N2O5. The number of rotatable bonds is 8. The zero-order valence-corrected chi connectivity index (χ0v) is 19.4. The van der Waals surface area contributed by atoms with E-state index in [1.807, 2.05) is 13.0 Å². The molecule has 0 aliphatic heterocycles. The smallest absolute Gasteiger partial charge is 0.343 e. The van der Waals surface area contributed by atoms with Crippen LogP contribution in [0.5, 0.6) is 11.5 Å². The summed E-state index contributed by atoms with van der Waals surface area (Å²) < 4.78 is 16.4. The summed E-state index contributed by atoms with van der Waals surface area (Å²) >= 11 is 6.72. The van der Waals surface area contributed by atoms with Crippen molar-refractivity contribution in [3.8, 4) is 17.6 Å². The molecular weight excluding hydrogens is 520 g/mol. The maximum Gasteiger partial charge on any atom is 0.343 e. The number of hydrogen-bond acceptors (Lipinski definition) is 6. The average Bonchev–Trinajstić information content (AvgIpc) is 2.71. The number of esters is 1. The molecule has 0 bridgehead atoms. The van der Waals surface area contributed by atoms with Gasteiger partial charge < -0.3 is 19.5 Å². The van der Waals surface area contributed by atoms with Gasteiger partial charge in [-0.15, -0.1) is 0 Å². The van der Waals surface area contributed by atoms with E-state index >= 15 is 0 Å². The highest BCUT2D eigenvalue weighted by Crippen LogP contribution is 2.35. The summed E-state index contributed by atoms with van der Waals surface area (Å²) in [5.41, 5.74) is 1.01. The van der Waals surface area contributed by atoms with E-state index in [1.165, 1.54) is 13.2 Å². The molecule has 0 radical (unpaired) electrons. The van der Waals surface area contributed by atoms with E-state index in [0.717, 1.165) is 0 Å². The van der Waals surface area contributed by atoms with E-state index in [2.05, 4.69) is 41.9 Å². The largest absolute Gasteiger partial charge is 0.494 e. The number of amides is 1. The van der Waals surface area contributed by atoms with Crippen LogP contribution in [0.2, 0.25) is 0 Å². The van der Waals surface area contributed by atoms with Crippen molar-refractivity contribution in [3.05, 3.63) is 56.5 Å². The first-order valence-corrected chi connectivity index (χ1v) is 10.3. The van der Waals surface area contributed by atoms with Crippen LogP contribution in [0.1, 0.15) is 12.5 Å². The third-order valence-electron chi connectivity index (χ3n) is 3.66. The van der Waals surface area contributed by atoms with Crippen molar-refractivity contribution < 1.29 is 23.8 Å². The third-order valence-corrected chi connectivity index (χ3v) is 4.84. The van der Waals surface area contributed by atoms with Crippen LogP contribution < -0.4 is 14.8 Å². The van der Waals surface area contributed by atoms with Gasteiger partial charge >= 0.3 is 5.97 Å². The Labute approximate surface area is 190 Å². The Hall–Kier alpha value is -2.83. The van der Waals surface area contributed by atoms with E-state index in [0.29, 0.717) is 38.3 Å². The molecule has 7 nitrogen and oxygen atoms in total. The average molecular weight is 538 g/mol. The van der Waals surface area contributed by atoms with E-state index in [1.54, 1.807) is 36.4 Å². The summed E-state index contributed by atoms with van der Waals surface area (Å²) in [6, 6.07) is 12.1. The molecule has 0 saturated heterocycles. The molecule has 0 heterocycles. The van der Waals surface area contributed by atoms with Gasteiger partial charge in [-0.05, 0) is 74.7 Å². The molecule has 0 fully saturated rings. The van der Waals surface area contributed by atoms with Gasteiger partial charge in [0.2, 0.25) is 0 Å². The zero-order valence-electron chi connectivity index (χ0n) is 16.2. The van der Waals surface area contributed by atoms with Gasteiger partial charge in [-0.25, -0.2) is 4.79 Å². The Bertz CT molecular complexity index is 992. The number of nitrogens with zero attached hydrogens (tertiary/aromatic N) is 1. The molecule has 2 rings (SSSR count). The summed E-state index contributed by atoms with van der Waals surface area (Å²) in [5.74, 6) is -0.0551. The van der Waals surface area contributed by atoms with Crippen molar-refractivity contribution in [2.45, 2.75) is 6.92 Å². The van der Waals surface area contributed by atoms with Crippen molar-refractivity contribution in [3.63, 3.8) is 0 Å². The SMILES string of the molecule is CCOc1cccc(NC(=O)/C(C#N)=C\c2cc(Br)c(OCC(=O)OC)c(Br)c2)c1. The molecule has 2 aromatic rings. The maximum absolute atomic E-state index is 12.5. The van der Waals surface area contributed by atoms with Gasteiger partial charge in [-0.1, -0.05) is 6.07 Å². The van der Waals surface area contributed by atoms with Gasteiger partial charge in [-0.3, -0.25) is 4.79 Å². The molecule has 0 spiro atoms. The fraction of sp³-hybridized carbons (Fsp3) is 0.190. The fourth-order valence-corrected chi connectivity index (χ4v) is 3.79. The van der Waals surface area contributed by atoms with Crippen molar-refractivity contribution in [1.29, 1.82) is 5.26 Å². The highest BCUT2D eigenvalue weighted by Gasteiger charge is 2.14. The topological polar surface area (TPSA) is 97.6 Å². The molecule has 1 amide bonds. The first-order chi connectivity index (χ1) is 14.4. The predicted molar refractivity (Wildman–Crippen MR) is 119 cm³/mol. The summed E-state index contributed by atoms with van der Waals surface area (Å²) in [7, 11) is 1.27. The van der Waals surface area contributed by atoms with Crippen LogP contribution >= 0.6 is 31.9 Å². The maximum atomic E-state index is 12.5. The van der Waals surface area contributed by atoms with E-state index < -0.39 is 11.9 Å². The number of carbonyl (C=O) groups is 2. The Kier molecular flexibility index (Phi) is 8.89. The highest BCUT2D eigenvalue weighted by molar-refractivity contribution is 9.11. The van der Waals surface area contributed by atoms with Crippen molar-refractivity contribution in [2.24, 2.45) is 0 Å². The molecule has 0 unspecified atom stereocenters. The van der Waals surface area contributed by atoms with Crippen LogP contribution in [0, 0.1) is 11.3 Å². The molecule has 0 saturated carbocycles. The monoisotopic (exact) mass is 536 g/mol. The first-order valence-electron chi connectivity index (χ1n) is 8.72. The van der Waals surface area contributed by atoms with Gasteiger partial charge in [0.1, 0.15) is 23.1 Å². The Morgan fingerprint density at radius 2 is 1.87 bits per heavy atom. The van der Waals surface area contributed by atoms with Crippen LogP contribution in [-0.2, 0) is 14.3 Å². The number of nitrogens with one attached hydrogen (secondary N) is 1. The second-order valence-electron chi connectivity index (χ2n) is 5.76. The number of carbonyl (C=O) groups excluding carboxylic acids is 2. The lowest BCUT2D eigenvalue weighted by Gasteiger charge is -2.11. The number of methoxy groups -OCH3 is 1. The number of benzene rings is 2. The number of hydrogen-bond donors (Lipinski definition) is 1. The lowest BCUT2D eigenvalue weighted by atomic mass is 10.1. The van der Waals surface area contributed by atoms with E-state index in [4.69, 9.17) is 9.47 Å². The summed E-state index contributed by atoms with van der Waals surface area (Å²) in [4.78, 5) is 23.8. The molecule has 0 aliphatic carbocycles. The van der Waals surface area contributed by atoms with Crippen LogP contribution in [0.4, 0.5) is 5.69 Å². The Morgan fingerprint density at radius 3 is 2.47 bits per heavy atom. The van der Waals surface area contributed by atoms with Crippen LogP contribution in [0.15, 0.2) is 50.9 Å². The lowest BCUT2D eigenvalue weighted by Crippen LogP contribution is -2.13. The second-order valence-corrected chi connectivity index (χ2v) is 7.47. The number of anilines is 1. The van der Waals surface area contributed by atoms with Crippen LogP contribution in [0.25, 0.3) is 6.08 Å². The minimum atomic E-state index is -0.551. The van der Waals surface area contributed by atoms with E-state index in [-0.39, 0.29) is 12.2 Å². The van der Waals surface area contributed by atoms with Crippen molar-refractivity contribution in [1.82, 2.24) is 0 Å².